The van der Waals surface area contributed by atoms with Crippen molar-refractivity contribution in [3.05, 3.63) is 65.8 Å². The number of hydrogen-bond donors (Lipinski definition) is 0. The number of rotatable bonds is 3. The number of para-hydroxylation sites is 1. The Kier molecular flexibility index (Phi) is 3.63. The number of nitrogens with zero attached hydrogens (tertiary/aromatic N) is 1. The molecule has 0 amide bonds. The minimum Gasteiger partial charge on any atom is -0.481 e. The van der Waals surface area contributed by atoms with Crippen molar-refractivity contribution in [3.63, 3.8) is 0 Å². The second-order valence-corrected chi connectivity index (χ2v) is 4.26. The number of ether oxygens (including phenoxy) is 1. The summed E-state index contributed by atoms with van der Waals surface area (Å²) in [6, 6.07) is 9.15. The molecule has 1 aromatic carbocycles. The number of nitriles is 1. The largest absolute Gasteiger partial charge is 0.481 e. The summed E-state index contributed by atoms with van der Waals surface area (Å²) in [5, 5.41) is 8.76. The Hall–Kier alpha value is -2.60. The fourth-order valence-electron chi connectivity index (χ4n) is 1.86. The maximum Gasteiger partial charge on any atom is 0.262 e. The number of carbonyl (C=O) groups is 1. The molecule has 1 aliphatic carbocycles. The van der Waals surface area contributed by atoms with Crippen LogP contribution in [0, 0.1) is 18.3 Å². The Morgan fingerprint density at radius 3 is 2.84 bits per heavy atom. The van der Waals surface area contributed by atoms with Crippen molar-refractivity contribution >= 4 is 5.78 Å². The lowest BCUT2D eigenvalue weighted by atomic mass is 9.94. The van der Waals surface area contributed by atoms with Gasteiger partial charge in [-0.15, -0.1) is 0 Å². The Morgan fingerprint density at radius 1 is 1.42 bits per heavy atom. The monoisotopic (exact) mass is 251 g/mol. The zero-order valence-corrected chi connectivity index (χ0v) is 10.6. The average Bonchev–Trinajstić information content (AvgIpc) is 2.42. The molecule has 0 spiro atoms. The summed E-state index contributed by atoms with van der Waals surface area (Å²) in [7, 11) is 0. The number of ketones is 1. The van der Waals surface area contributed by atoms with Gasteiger partial charge < -0.3 is 4.74 Å². The first kappa shape index (κ1) is 12.8. The van der Waals surface area contributed by atoms with E-state index in [1.165, 1.54) is 0 Å². The fourth-order valence-corrected chi connectivity index (χ4v) is 1.86. The third kappa shape index (κ3) is 2.63. The van der Waals surface area contributed by atoms with E-state index in [9.17, 15) is 4.79 Å². The summed E-state index contributed by atoms with van der Waals surface area (Å²) < 4.78 is 5.84. The lowest BCUT2D eigenvalue weighted by molar-refractivity contribution is -0.111. The van der Waals surface area contributed by atoms with Crippen LogP contribution in [-0.2, 0) is 4.79 Å². The highest BCUT2D eigenvalue weighted by Crippen LogP contribution is 2.26. The molecular weight excluding hydrogens is 238 g/mol. The average molecular weight is 251 g/mol. The Morgan fingerprint density at radius 2 is 2.16 bits per heavy atom. The predicted molar refractivity (Wildman–Crippen MR) is 72.6 cm³/mol. The highest BCUT2D eigenvalue weighted by molar-refractivity contribution is 6.08. The van der Waals surface area contributed by atoms with Gasteiger partial charge in [0.1, 0.15) is 11.8 Å². The zero-order chi connectivity index (χ0) is 13.8. The van der Waals surface area contributed by atoms with E-state index in [0.29, 0.717) is 16.9 Å². The van der Waals surface area contributed by atoms with Crippen LogP contribution in [-0.4, -0.2) is 11.9 Å². The van der Waals surface area contributed by atoms with Crippen molar-refractivity contribution in [2.24, 2.45) is 0 Å². The summed E-state index contributed by atoms with van der Waals surface area (Å²) in [6.45, 7) is 5.80. The predicted octanol–water partition coefficient (Wildman–Crippen LogP) is 2.89. The molecule has 3 heteroatoms. The van der Waals surface area contributed by atoms with Crippen LogP contribution in [0.5, 0.6) is 5.75 Å². The molecule has 1 atom stereocenters. The molecule has 19 heavy (non-hydrogen) atoms. The zero-order valence-electron chi connectivity index (χ0n) is 10.6. The molecule has 0 fully saturated rings. The van der Waals surface area contributed by atoms with Gasteiger partial charge in [0, 0.05) is 0 Å². The lowest BCUT2D eigenvalue weighted by Gasteiger charge is -2.23. The molecule has 3 nitrogen and oxygen atoms in total. The normalized spacial score (nSPS) is 17.6. The Labute approximate surface area is 112 Å². The van der Waals surface area contributed by atoms with Gasteiger partial charge in [-0.2, -0.15) is 5.26 Å². The fraction of sp³-hybridized carbons (Fsp3) is 0.125. The Bertz CT molecular complexity index is 632. The second-order valence-electron chi connectivity index (χ2n) is 4.26. The third-order valence-electron chi connectivity index (χ3n) is 2.91. The number of aryl methyl sites for hydroxylation is 1. The van der Waals surface area contributed by atoms with E-state index < -0.39 is 11.9 Å². The minimum atomic E-state index is -0.599. The van der Waals surface area contributed by atoms with Crippen molar-refractivity contribution < 1.29 is 9.53 Å². The molecular formula is C16H13NO2. The van der Waals surface area contributed by atoms with Crippen LogP contribution in [0.4, 0.5) is 0 Å². The van der Waals surface area contributed by atoms with E-state index in [-0.39, 0.29) is 0 Å². The van der Waals surface area contributed by atoms with Crippen molar-refractivity contribution in [3.8, 4) is 11.8 Å². The molecule has 1 unspecified atom stereocenters. The number of carbonyl (C=O) groups excluding carboxylic acids is 1. The van der Waals surface area contributed by atoms with Crippen LogP contribution in [0.2, 0.25) is 0 Å². The number of benzene rings is 1. The SMILES string of the molecule is C=C1C=CC=C(C(=O)C#N)C1Oc1ccccc1C. The summed E-state index contributed by atoms with van der Waals surface area (Å²) >= 11 is 0. The summed E-state index contributed by atoms with van der Waals surface area (Å²) in [6.07, 6.45) is 4.48. The van der Waals surface area contributed by atoms with Gasteiger partial charge in [0.05, 0.1) is 5.57 Å². The van der Waals surface area contributed by atoms with E-state index >= 15 is 0 Å². The van der Waals surface area contributed by atoms with Crippen LogP contribution >= 0.6 is 0 Å². The number of allylic oxidation sites excluding steroid dienone is 2. The molecule has 1 aromatic rings. The first-order chi connectivity index (χ1) is 9.13. The van der Waals surface area contributed by atoms with E-state index in [2.05, 4.69) is 6.58 Å². The Balaban J connectivity index is 2.32. The van der Waals surface area contributed by atoms with Crippen molar-refractivity contribution in [2.75, 3.05) is 0 Å². The van der Waals surface area contributed by atoms with Gasteiger partial charge in [-0.05, 0) is 24.1 Å². The van der Waals surface area contributed by atoms with Crippen LogP contribution in [0.25, 0.3) is 0 Å². The molecule has 0 saturated carbocycles. The van der Waals surface area contributed by atoms with Gasteiger partial charge >= 0.3 is 0 Å². The molecule has 2 rings (SSSR count). The van der Waals surface area contributed by atoms with Crippen molar-refractivity contribution in [1.29, 1.82) is 5.26 Å². The van der Waals surface area contributed by atoms with Crippen LogP contribution in [0.3, 0.4) is 0 Å². The van der Waals surface area contributed by atoms with Gasteiger partial charge in [0.25, 0.3) is 5.78 Å². The van der Waals surface area contributed by atoms with Gasteiger partial charge in [-0.25, -0.2) is 0 Å². The quantitative estimate of drug-likeness (QED) is 0.776. The van der Waals surface area contributed by atoms with Crippen molar-refractivity contribution in [2.45, 2.75) is 13.0 Å². The maximum absolute atomic E-state index is 11.6. The van der Waals surface area contributed by atoms with E-state index in [1.807, 2.05) is 31.2 Å². The molecule has 94 valence electrons. The number of Topliss-reactive ketones (excluding diaryl/α,β-unsaturated/α-hetero) is 1. The van der Waals surface area contributed by atoms with Crippen LogP contribution < -0.4 is 4.74 Å². The highest BCUT2D eigenvalue weighted by Gasteiger charge is 2.26. The molecule has 0 heterocycles. The topological polar surface area (TPSA) is 50.1 Å². The summed E-state index contributed by atoms with van der Waals surface area (Å²) in [5.41, 5.74) is 1.94. The van der Waals surface area contributed by atoms with Gasteiger partial charge in [-0.3, -0.25) is 4.79 Å². The third-order valence-corrected chi connectivity index (χ3v) is 2.91. The number of hydrogen-bond acceptors (Lipinski definition) is 3. The minimum absolute atomic E-state index is 0.318. The van der Waals surface area contributed by atoms with Gasteiger partial charge in [-0.1, -0.05) is 43.0 Å². The molecule has 0 radical (unpaired) electrons. The van der Waals surface area contributed by atoms with Gasteiger partial charge in [0.2, 0.25) is 0 Å². The summed E-state index contributed by atoms with van der Waals surface area (Å²) in [4.78, 5) is 11.6. The molecule has 0 N–H and O–H groups in total. The van der Waals surface area contributed by atoms with E-state index in [1.54, 1.807) is 24.3 Å². The summed E-state index contributed by atoms with van der Waals surface area (Å²) in [5.74, 6) is 0.0877. The molecule has 0 aliphatic heterocycles. The molecule has 0 bridgehead atoms. The second kappa shape index (κ2) is 5.36. The van der Waals surface area contributed by atoms with E-state index in [4.69, 9.17) is 10.00 Å². The van der Waals surface area contributed by atoms with Crippen LogP contribution in [0.15, 0.2) is 60.2 Å². The highest BCUT2D eigenvalue weighted by atomic mass is 16.5. The molecule has 0 aromatic heterocycles. The molecule has 1 aliphatic rings. The smallest absolute Gasteiger partial charge is 0.262 e. The maximum atomic E-state index is 11.6. The van der Waals surface area contributed by atoms with Crippen molar-refractivity contribution in [1.82, 2.24) is 0 Å². The standard InChI is InChI=1S/C16H13NO2/c1-11-6-3-4-9-15(11)19-16-12(2)7-5-8-13(16)14(18)10-17/h3-9,16H,2H2,1H3. The first-order valence-electron chi connectivity index (χ1n) is 5.87. The lowest BCUT2D eigenvalue weighted by Crippen LogP contribution is -2.27. The van der Waals surface area contributed by atoms with E-state index in [0.717, 1.165) is 5.56 Å². The van der Waals surface area contributed by atoms with Gasteiger partial charge in [0.15, 0.2) is 6.10 Å². The first-order valence-corrected chi connectivity index (χ1v) is 5.87. The van der Waals surface area contributed by atoms with Crippen LogP contribution in [0.1, 0.15) is 5.56 Å². The molecule has 0 saturated heterocycles.